The predicted molar refractivity (Wildman–Crippen MR) is 153 cm³/mol. The number of hydrogen-bond acceptors (Lipinski definition) is 8. The van der Waals surface area contributed by atoms with Crippen molar-refractivity contribution in [3.63, 3.8) is 0 Å². The van der Waals surface area contributed by atoms with Crippen LogP contribution in [0.2, 0.25) is 0 Å². The van der Waals surface area contributed by atoms with Gasteiger partial charge in [0.2, 0.25) is 0 Å². The number of carbonyl (C=O) groups excluding carboxylic acids is 2. The zero-order valence-electron chi connectivity index (χ0n) is 23.3. The largest absolute Gasteiger partial charge is 0.545 e. The third-order valence-electron chi connectivity index (χ3n) is 7.05. The van der Waals surface area contributed by atoms with Crippen molar-refractivity contribution in [3.8, 4) is 11.4 Å². The number of ether oxygens (including phenoxy) is 2. The number of thiazole rings is 1. The molecule has 5 rings (SSSR count). The van der Waals surface area contributed by atoms with Crippen molar-refractivity contribution in [2.75, 3.05) is 13.7 Å². The van der Waals surface area contributed by atoms with Gasteiger partial charge in [0, 0.05) is 22.6 Å². The summed E-state index contributed by atoms with van der Waals surface area (Å²) in [6, 6.07) is 14.9. The minimum Gasteiger partial charge on any atom is -0.545 e. The summed E-state index contributed by atoms with van der Waals surface area (Å²) in [7, 11) is 1.54. The summed E-state index contributed by atoms with van der Waals surface area (Å²) in [6.45, 7) is 7.46. The third kappa shape index (κ3) is 4.91. The number of methoxy groups -OCH3 is 1. The molecule has 9 nitrogen and oxygen atoms in total. The average Bonchev–Trinajstić information content (AvgIpc) is 3.41. The van der Waals surface area contributed by atoms with Crippen LogP contribution >= 0.6 is 11.3 Å². The number of carboxylic acid groups (broad SMARTS) is 1. The number of aryl methyl sites for hydroxylation is 1. The number of benzene rings is 2. The quantitative estimate of drug-likeness (QED) is 0.316. The van der Waals surface area contributed by atoms with Crippen molar-refractivity contribution in [1.29, 1.82) is 0 Å². The zero-order chi connectivity index (χ0) is 29.4. The van der Waals surface area contributed by atoms with Crippen LogP contribution in [0, 0.1) is 13.8 Å². The van der Waals surface area contributed by atoms with Gasteiger partial charge in [-0.2, -0.15) is 0 Å². The van der Waals surface area contributed by atoms with Crippen LogP contribution in [0.4, 0.5) is 0 Å². The highest BCUT2D eigenvalue weighted by Crippen LogP contribution is 2.35. The fourth-order valence-corrected chi connectivity index (χ4v) is 6.26. The van der Waals surface area contributed by atoms with Gasteiger partial charge in [-0.3, -0.25) is 9.36 Å². The molecule has 0 aliphatic carbocycles. The Hall–Kier alpha value is -4.70. The highest BCUT2D eigenvalue weighted by atomic mass is 32.1. The smallest absolute Gasteiger partial charge is 0.338 e. The van der Waals surface area contributed by atoms with Crippen LogP contribution in [0.15, 0.2) is 75.7 Å². The Balaban J connectivity index is 1.70. The lowest BCUT2D eigenvalue weighted by Crippen LogP contribution is -2.40. The normalized spacial score (nSPS) is 15.0. The molecular formula is C31H28N3O6S-. The van der Waals surface area contributed by atoms with Crippen LogP contribution in [-0.4, -0.2) is 34.8 Å². The molecule has 0 fully saturated rings. The average molecular weight is 571 g/mol. The minimum atomic E-state index is -1.25. The molecule has 0 amide bonds. The molecule has 1 aliphatic rings. The summed E-state index contributed by atoms with van der Waals surface area (Å²) in [4.78, 5) is 43.7. The van der Waals surface area contributed by atoms with Crippen LogP contribution in [0.1, 0.15) is 52.8 Å². The number of fused-ring (bicyclic) bond motifs is 1. The number of aromatic nitrogens is 2. The van der Waals surface area contributed by atoms with Crippen LogP contribution in [0.25, 0.3) is 11.8 Å². The summed E-state index contributed by atoms with van der Waals surface area (Å²) in [5, 5.41) is 11.4. The number of rotatable bonds is 7. The number of para-hydroxylation sites is 1. The maximum atomic E-state index is 14.0. The number of aromatic carboxylic acids is 1. The fourth-order valence-electron chi connectivity index (χ4n) is 5.22. The number of esters is 1. The Labute approximate surface area is 239 Å². The lowest BCUT2D eigenvalue weighted by Gasteiger charge is -2.25. The second kappa shape index (κ2) is 11.1. The highest BCUT2D eigenvalue weighted by molar-refractivity contribution is 7.07. The summed E-state index contributed by atoms with van der Waals surface area (Å²) in [5.41, 5.74) is 4.33. The van der Waals surface area contributed by atoms with E-state index < -0.39 is 18.0 Å². The van der Waals surface area contributed by atoms with Crippen molar-refractivity contribution >= 4 is 29.4 Å². The van der Waals surface area contributed by atoms with E-state index >= 15 is 0 Å². The molecule has 0 radical (unpaired) electrons. The first kappa shape index (κ1) is 27.9. The molecule has 0 N–H and O–H groups in total. The van der Waals surface area contributed by atoms with Gasteiger partial charge in [0.25, 0.3) is 5.56 Å². The Bertz CT molecular complexity index is 1910. The van der Waals surface area contributed by atoms with Gasteiger partial charge in [-0.05, 0) is 69.2 Å². The van der Waals surface area contributed by atoms with Crippen LogP contribution in [-0.2, 0) is 9.53 Å². The number of nitrogens with zero attached hydrogens (tertiary/aromatic N) is 3. The Morgan fingerprint density at radius 3 is 2.56 bits per heavy atom. The van der Waals surface area contributed by atoms with E-state index in [1.165, 1.54) is 22.0 Å². The monoisotopic (exact) mass is 570 g/mol. The minimum absolute atomic E-state index is 0.0778. The molecule has 0 bridgehead atoms. The number of carboxylic acids is 1. The highest BCUT2D eigenvalue weighted by Gasteiger charge is 2.35. The molecule has 4 aromatic rings. The van der Waals surface area contributed by atoms with Crippen LogP contribution < -0.4 is 24.7 Å². The fraction of sp³-hybridized carbons (Fsp3) is 0.226. The van der Waals surface area contributed by atoms with E-state index in [0.29, 0.717) is 32.0 Å². The molecule has 2 aromatic heterocycles. The third-order valence-corrected chi connectivity index (χ3v) is 8.03. The number of hydrogen-bond donors (Lipinski definition) is 0. The number of allylic oxidation sites excluding steroid dienone is 1. The van der Waals surface area contributed by atoms with Gasteiger partial charge in [0.05, 0.1) is 35.5 Å². The predicted octanol–water partition coefficient (Wildman–Crippen LogP) is 2.58. The lowest BCUT2D eigenvalue weighted by atomic mass is 9.95. The summed E-state index contributed by atoms with van der Waals surface area (Å²) in [5.74, 6) is -1.26. The van der Waals surface area contributed by atoms with Gasteiger partial charge in [-0.1, -0.05) is 41.7 Å². The molecule has 0 saturated heterocycles. The molecule has 210 valence electrons. The molecule has 0 saturated carbocycles. The van der Waals surface area contributed by atoms with Crippen molar-refractivity contribution in [3.05, 3.63) is 114 Å². The van der Waals surface area contributed by atoms with Gasteiger partial charge in [-0.25, -0.2) is 9.79 Å². The summed E-state index contributed by atoms with van der Waals surface area (Å²) >= 11 is 1.23. The zero-order valence-corrected chi connectivity index (χ0v) is 24.1. The van der Waals surface area contributed by atoms with E-state index in [9.17, 15) is 19.5 Å². The summed E-state index contributed by atoms with van der Waals surface area (Å²) in [6.07, 6.45) is 1.80. The van der Waals surface area contributed by atoms with E-state index in [2.05, 4.69) is 4.99 Å². The Kier molecular flexibility index (Phi) is 7.51. The topological polar surface area (TPSA) is 115 Å². The maximum Gasteiger partial charge on any atom is 0.338 e. The SMILES string of the molecule is CCOC(=O)C1=C(C)N=c2s/c(=C\c3cc(C)n(-c4cccc(C(=O)[O-])c4)c3C)c(=O)n2[C@@H]1c1ccccc1OC. The first-order chi connectivity index (χ1) is 19.7. The Morgan fingerprint density at radius 2 is 1.85 bits per heavy atom. The summed E-state index contributed by atoms with van der Waals surface area (Å²) < 4.78 is 14.9. The van der Waals surface area contributed by atoms with Gasteiger partial charge in [0.1, 0.15) is 11.8 Å². The molecule has 0 spiro atoms. The molecule has 1 aliphatic heterocycles. The van der Waals surface area contributed by atoms with E-state index in [1.54, 1.807) is 45.2 Å². The molecule has 41 heavy (non-hydrogen) atoms. The molecule has 10 heteroatoms. The molecule has 1 atom stereocenters. The first-order valence-electron chi connectivity index (χ1n) is 13.0. The van der Waals surface area contributed by atoms with E-state index in [-0.39, 0.29) is 23.3 Å². The van der Waals surface area contributed by atoms with Gasteiger partial charge < -0.3 is 23.9 Å². The van der Waals surface area contributed by atoms with Crippen LogP contribution in [0.5, 0.6) is 5.75 Å². The Morgan fingerprint density at radius 1 is 1.10 bits per heavy atom. The molecule has 2 aromatic carbocycles. The van der Waals surface area contributed by atoms with Gasteiger partial charge in [-0.15, -0.1) is 0 Å². The number of carbonyl (C=O) groups is 2. The van der Waals surface area contributed by atoms with E-state index in [1.807, 2.05) is 48.7 Å². The van der Waals surface area contributed by atoms with Crippen molar-refractivity contribution in [2.45, 2.75) is 33.7 Å². The molecule has 3 heterocycles. The molecule has 0 unspecified atom stereocenters. The maximum absolute atomic E-state index is 14.0. The van der Waals surface area contributed by atoms with Crippen LogP contribution in [0.3, 0.4) is 0 Å². The lowest BCUT2D eigenvalue weighted by molar-refractivity contribution is -0.255. The van der Waals surface area contributed by atoms with Crippen molar-refractivity contribution in [1.82, 2.24) is 9.13 Å². The van der Waals surface area contributed by atoms with E-state index in [0.717, 1.165) is 17.0 Å². The second-order valence-electron chi connectivity index (χ2n) is 9.54. The van der Waals surface area contributed by atoms with Gasteiger partial charge in [0.15, 0.2) is 4.80 Å². The second-order valence-corrected chi connectivity index (χ2v) is 10.6. The van der Waals surface area contributed by atoms with Gasteiger partial charge >= 0.3 is 5.97 Å². The van der Waals surface area contributed by atoms with Crippen molar-refractivity contribution in [2.24, 2.45) is 4.99 Å². The standard InChI is InChI=1S/C31H29N3O6S/c1-6-40-30(38)26-18(3)32-31-34(27(26)23-12-7-8-13-24(23)39-5)28(35)25(41-31)16-21-14-17(2)33(19(21)4)22-11-9-10-20(15-22)29(36)37/h7-16,27H,6H2,1-5H3,(H,36,37)/p-1/b25-16-/t27-/m1/s1. The first-order valence-corrected chi connectivity index (χ1v) is 13.8. The van der Waals surface area contributed by atoms with Crippen molar-refractivity contribution < 1.29 is 24.2 Å². The molecular weight excluding hydrogens is 542 g/mol. The van der Waals surface area contributed by atoms with E-state index in [4.69, 9.17) is 9.47 Å².